The first-order valence-electron chi connectivity index (χ1n) is 12.0. The van der Waals surface area contributed by atoms with Gasteiger partial charge in [0.25, 0.3) is 5.91 Å². The van der Waals surface area contributed by atoms with E-state index in [-0.39, 0.29) is 17.2 Å². The lowest BCUT2D eigenvalue weighted by Gasteiger charge is -2.24. The van der Waals surface area contributed by atoms with Crippen molar-refractivity contribution in [3.8, 4) is 11.5 Å². The molecule has 0 unspecified atom stereocenters. The van der Waals surface area contributed by atoms with Gasteiger partial charge in [-0.25, -0.2) is 5.43 Å². The van der Waals surface area contributed by atoms with Gasteiger partial charge >= 0.3 is 0 Å². The number of nitrogens with one attached hydrogen (secondary N) is 1. The zero-order valence-electron chi connectivity index (χ0n) is 20.6. The van der Waals surface area contributed by atoms with Crippen molar-refractivity contribution in [3.63, 3.8) is 0 Å². The Bertz CT molecular complexity index is 1260. The van der Waals surface area contributed by atoms with Gasteiger partial charge in [-0.05, 0) is 53.9 Å². The Morgan fingerprint density at radius 1 is 1.11 bits per heavy atom. The molecule has 7 nitrogen and oxygen atoms in total. The summed E-state index contributed by atoms with van der Waals surface area (Å²) in [4.78, 5) is 27.0. The third kappa shape index (κ3) is 6.80. The number of carbonyl (C=O) groups excluding carboxylic acids is 2. The summed E-state index contributed by atoms with van der Waals surface area (Å²) in [6.45, 7) is 6.98. The van der Waals surface area contributed by atoms with Crippen LogP contribution in [-0.2, 0) is 11.3 Å². The molecule has 0 aromatic heterocycles. The molecule has 1 atom stereocenters. The second kappa shape index (κ2) is 12.8. The molecule has 1 aliphatic rings. The van der Waals surface area contributed by atoms with Gasteiger partial charge in [0.15, 0.2) is 11.5 Å². The highest BCUT2D eigenvalue weighted by molar-refractivity contribution is 8.00. The maximum absolute atomic E-state index is 12.6. The van der Waals surface area contributed by atoms with Crippen molar-refractivity contribution in [2.75, 3.05) is 19.0 Å². The number of thioether (sulfide) groups is 1. The van der Waals surface area contributed by atoms with Crippen molar-refractivity contribution in [1.29, 1.82) is 0 Å². The second-order valence-corrected chi connectivity index (χ2v) is 9.30. The lowest BCUT2D eigenvalue weighted by atomic mass is 10.1. The minimum absolute atomic E-state index is 0.0826. The number of nitrogens with zero attached hydrogens (tertiary/aromatic N) is 2. The first-order valence-corrected chi connectivity index (χ1v) is 13.0. The predicted molar refractivity (Wildman–Crippen MR) is 147 cm³/mol. The maximum Gasteiger partial charge on any atom is 0.271 e. The molecule has 1 fully saturated rings. The zero-order valence-corrected chi connectivity index (χ0v) is 21.4. The first kappa shape index (κ1) is 26.0. The summed E-state index contributed by atoms with van der Waals surface area (Å²) in [5, 5.41) is 4.00. The molecular weight excluding hydrogens is 486 g/mol. The summed E-state index contributed by atoms with van der Waals surface area (Å²) in [6.07, 6.45) is 3.22. The van der Waals surface area contributed by atoms with E-state index in [4.69, 9.17) is 9.47 Å². The van der Waals surface area contributed by atoms with Gasteiger partial charge in [-0.3, -0.25) is 9.59 Å². The quantitative estimate of drug-likeness (QED) is 0.216. The van der Waals surface area contributed by atoms with Crippen LogP contribution in [0.25, 0.3) is 0 Å². The van der Waals surface area contributed by atoms with E-state index in [1.807, 2.05) is 60.4 Å². The van der Waals surface area contributed by atoms with Crippen molar-refractivity contribution in [2.45, 2.75) is 18.8 Å². The Morgan fingerprint density at radius 3 is 2.62 bits per heavy atom. The molecule has 1 saturated heterocycles. The number of benzene rings is 3. The van der Waals surface area contributed by atoms with Crippen LogP contribution in [0, 0.1) is 0 Å². The van der Waals surface area contributed by atoms with Crippen LogP contribution >= 0.6 is 11.8 Å². The highest BCUT2D eigenvalue weighted by Crippen LogP contribution is 2.39. The third-order valence-electron chi connectivity index (χ3n) is 5.63. The summed E-state index contributed by atoms with van der Waals surface area (Å²) >= 11 is 1.59. The van der Waals surface area contributed by atoms with E-state index >= 15 is 0 Å². The van der Waals surface area contributed by atoms with Gasteiger partial charge in [0.2, 0.25) is 5.91 Å². The van der Waals surface area contributed by atoms with Crippen molar-refractivity contribution < 1.29 is 19.1 Å². The molecular formula is C29H29N3O4S. The van der Waals surface area contributed by atoms with Gasteiger partial charge in [-0.15, -0.1) is 11.8 Å². The molecule has 2 amide bonds. The number of hydrazone groups is 1. The Labute approximate surface area is 221 Å². The largest absolute Gasteiger partial charge is 0.490 e. The van der Waals surface area contributed by atoms with E-state index in [1.54, 1.807) is 48.3 Å². The molecule has 0 aliphatic carbocycles. The average molecular weight is 516 g/mol. The summed E-state index contributed by atoms with van der Waals surface area (Å²) in [5.41, 5.74) is 5.86. The standard InChI is InChI=1S/C29H29N3O4S/c1-3-16-36-25-15-10-22(17-26(25)35-4-2)18-30-31-28(34)23-11-13-24(14-12-23)29-32(27(33)20-37-29)19-21-8-6-5-7-9-21/h3,5-15,17-18,29H,1,4,16,19-20H2,2H3,(H,31,34)/b30-18-/t29-/m1/s1. The lowest BCUT2D eigenvalue weighted by molar-refractivity contribution is -0.128. The fourth-order valence-corrected chi connectivity index (χ4v) is 5.04. The van der Waals surface area contributed by atoms with Crippen LogP contribution in [0.15, 0.2) is 90.6 Å². The smallest absolute Gasteiger partial charge is 0.271 e. The lowest BCUT2D eigenvalue weighted by Crippen LogP contribution is -2.27. The molecule has 8 heteroatoms. The van der Waals surface area contributed by atoms with Gasteiger partial charge in [0.1, 0.15) is 12.0 Å². The first-order chi connectivity index (χ1) is 18.1. The fraction of sp³-hybridized carbons (Fsp3) is 0.207. The van der Waals surface area contributed by atoms with Crippen molar-refractivity contribution >= 4 is 29.8 Å². The van der Waals surface area contributed by atoms with E-state index in [0.717, 1.165) is 16.7 Å². The van der Waals surface area contributed by atoms with Crippen molar-refractivity contribution in [3.05, 3.63) is 108 Å². The number of ether oxygens (including phenoxy) is 2. The molecule has 0 radical (unpaired) electrons. The molecule has 0 saturated carbocycles. The van der Waals surface area contributed by atoms with Gasteiger partial charge in [-0.1, -0.05) is 55.1 Å². The molecule has 1 N–H and O–H groups in total. The second-order valence-electron chi connectivity index (χ2n) is 8.23. The van der Waals surface area contributed by atoms with Gasteiger partial charge in [0.05, 0.1) is 18.6 Å². The Hall–Kier alpha value is -4.04. The minimum Gasteiger partial charge on any atom is -0.490 e. The summed E-state index contributed by atoms with van der Waals surface area (Å²) in [5.74, 6) is 1.45. The van der Waals surface area contributed by atoms with Crippen LogP contribution in [0.4, 0.5) is 0 Å². The number of hydrogen-bond acceptors (Lipinski definition) is 6. The van der Waals surface area contributed by atoms with Crippen LogP contribution < -0.4 is 14.9 Å². The molecule has 1 aliphatic heterocycles. The maximum atomic E-state index is 12.6. The van der Waals surface area contributed by atoms with Crippen LogP contribution in [0.3, 0.4) is 0 Å². The number of hydrogen-bond donors (Lipinski definition) is 1. The number of amides is 2. The Morgan fingerprint density at radius 2 is 1.89 bits per heavy atom. The molecule has 3 aromatic carbocycles. The molecule has 37 heavy (non-hydrogen) atoms. The van der Waals surface area contributed by atoms with Crippen LogP contribution in [0.5, 0.6) is 11.5 Å². The highest BCUT2D eigenvalue weighted by Gasteiger charge is 2.32. The van der Waals surface area contributed by atoms with E-state index in [2.05, 4.69) is 17.1 Å². The van der Waals surface area contributed by atoms with Gasteiger partial charge in [0, 0.05) is 12.1 Å². The Kier molecular flexibility index (Phi) is 8.99. The predicted octanol–water partition coefficient (Wildman–Crippen LogP) is 5.19. The van der Waals surface area contributed by atoms with Crippen molar-refractivity contribution in [1.82, 2.24) is 10.3 Å². The Balaban J connectivity index is 1.38. The van der Waals surface area contributed by atoms with Crippen LogP contribution in [0.1, 0.15) is 39.3 Å². The van der Waals surface area contributed by atoms with E-state index in [9.17, 15) is 9.59 Å². The van der Waals surface area contributed by atoms with E-state index in [0.29, 0.717) is 42.6 Å². The minimum atomic E-state index is -0.324. The van der Waals surface area contributed by atoms with Crippen LogP contribution in [-0.4, -0.2) is 41.9 Å². The monoisotopic (exact) mass is 515 g/mol. The van der Waals surface area contributed by atoms with Gasteiger partial charge < -0.3 is 14.4 Å². The molecule has 0 bridgehead atoms. The highest BCUT2D eigenvalue weighted by atomic mass is 32.2. The SMILES string of the molecule is C=CCOc1ccc(/C=N\NC(=O)c2ccc([C@H]3SCC(=O)N3Cc3ccccc3)cc2)cc1OCC. The summed E-state index contributed by atoms with van der Waals surface area (Å²) < 4.78 is 11.2. The van der Waals surface area contributed by atoms with Crippen LogP contribution in [0.2, 0.25) is 0 Å². The van der Waals surface area contributed by atoms with Crippen molar-refractivity contribution in [2.24, 2.45) is 5.10 Å². The molecule has 0 spiro atoms. The topological polar surface area (TPSA) is 80.2 Å². The molecule has 4 rings (SSSR count). The molecule has 3 aromatic rings. The summed E-state index contributed by atoms with van der Waals surface area (Å²) in [7, 11) is 0. The normalized spacial score (nSPS) is 15.1. The average Bonchev–Trinajstić information content (AvgIpc) is 3.28. The number of rotatable bonds is 11. The van der Waals surface area contributed by atoms with E-state index in [1.165, 1.54) is 0 Å². The number of carbonyl (C=O) groups is 2. The zero-order chi connectivity index (χ0) is 26.0. The van der Waals surface area contributed by atoms with Gasteiger partial charge in [-0.2, -0.15) is 5.10 Å². The molecule has 1 heterocycles. The van der Waals surface area contributed by atoms with E-state index < -0.39 is 0 Å². The molecule has 190 valence electrons. The summed E-state index contributed by atoms with van der Waals surface area (Å²) in [6, 6.07) is 22.7. The fourth-order valence-electron chi connectivity index (χ4n) is 3.85. The third-order valence-corrected chi connectivity index (χ3v) is 6.88.